The third kappa shape index (κ3) is 2.13. The molecule has 0 fully saturated rings. The van der Waals surface area contributed by atoms with Crippen molar-refractivity contribution >= 4 is 5.78 Å². The second-order valence-electron chi connectivity index (χ2n) is 4.87. The number of benzene rings is 2. The average molecular weight is 290 g/mol. The number of rotatable bonds is 2. The molecule has 0 aliphatic heterocycles. The molecular formula is C17H11FN4. The summed E-state index contributed by atoms with van der Waals surface area (Å²) in [7, 11) is 0. The highest BCUT2D eigenvalue weighted by Gasteiger charge is 2.10. The standard InChI is InChI=1S/C17H11FN4/c18-14-8-6-12(7-9-14)15-10-16(13-4-2-1-3-5-13)22-17(21-15)19-11-20-22/h1-11H. The minimum absolute atomic E-state index is 0.268. The lowest BCUT2D eigenvalue weighted by molar-refractivity contribution is 0.628. The number of halogens is 1. The number of aromatic nitrogens is 4. The molecule has 0 N–H and O–H groups in total. The summed E-state index contributed by atoms with van der Waals surface area (Å²) in [4.78, 5) is 8.66. The first kappa shape index (κ1) is 12.6. The molecule has 106 valence electrons. The van der Waals surface area contributed by atoms with E-state index in [4.69, 9.17) is 0 Å². The Labute approximate surface area is 125 Å². The fraction of sp³-hybridized carbons (Fsp3) is 0. The zero-order chi connectivity index (χ0) is 14.9. The molecule has 0 aliphatic carbocycles. The Morgan fingerprint density at radius 2 is 1.64 bits per heavy atom. The smallest absolute Gasteiger partial charge is 0.211 e. The van der Waals surface area contributed by atoms with Crippen LogP contribution >= 0.6 is 0 Å². The molecule has 4 aromatic rings. The molecule has 0 aliphatic rings. The predicted molar refractivity (Wildman–Crippen MR) is 81.6 cm³/mol. The first-order chi connectivity index (χ1) is 10.8. The quantitative estimate of drug-likeness (QED) is 0.566. The summed E-state index contributed by atoms with van der Waals surface area (Å²) in [5.41, 5.74) is 3.48. The molecule has 0 atom stereocenters. The van der Waals surface area contributed by atoms with E-state index in [0.717, 1.165) is 22.5 Å². The van der Waals surface area contributed by atoms with Crippen molar-refractivity contribution in [3.05, 3.63) is 72.8 Å². The van der Waals surface area contributed by atoms with Gasteiger partial charge in [-0.25, -0.2) is 9.37 Å². The van der Waals surface area contributed by atoms with Gasteiger partial charge in [0.25, 0.3) is 5.78 Å². The molecule has 2 aromatic heterocycles. The van der Waals surface area contributed by atoms with Crippen LogP contribution < -0.4 is 0 Å². The highest BCUT2D eigenvalue weighted by Crippen LogP contribution is 2.25. The molecular weight excluding hydrogens is 279 g/mol. The van der Waals surface area contributed by atoms with E-state index >= 15 is 0 Å². The van der Waals surface area contributed by atoms with Crippen molar-refractivity contribution < 1.29 is 4.39 Å². The second kappa shape index (κ2) is 5.04. The SMILES string of the molecule is Fc1ccc(-c2cc(-c3ccccc3)n3ncnc3n2)cc1. The van der Waals surface area contributed by atoms with Crippen LogP contribution in [-0.4, -0.2) is 19.6 Å². The Morgan fingerprint density at radius 3 is 2.41 bits per heavy atom. The lowest BCUT2D eigenvalue weighted by atomic mass is 10.1. The van der Waals surface area contributed by atoms with Crippen molar-refractivity contribution in [2.75, 3.05) is 0 Å². The molecule has 22 heavy (non-hydrogen) atoms. The van der Waals surface area contributed by atoms with E-state index in [1.807, 2.05) is 36.4 Å². The first-order valence-corrected chi connectivity index (χ1v) is 6.83. The zero-order valence-corrected chi connectivity index (χ0v) is 11.5. The van der Waals surface area contributed by atoms with Crippen LogP contribution in [0.5, 0.6) is 0 Å². The summed E-state index contributed by atoms with van der Waals surface area (Å²) in [6, 6.07) is 18.1. The van der Waals surface area contributed by atoms with Gasteiger partial charge in [-0.15, -0.1) is 0 Å². The Balaban J connectivity index is 1.96. The molecule has 0 saturated heterocycles. The van der Waals surface area contributed by atoms with Gasteiger partial charge in [0.15, 0.2) is 0 Å². The van der Waals surface area contributed by atoms with Crippen molar-refractivity contribution in [2.45, 2.75) is 0 Å². The minimum Gasteiger partial charge on any atom is -0.211 e. The lowest BCUT2D eigenvalue weighted by Crippen LogP contribution is -1.98. The summed E-state index contributed by atoms with van der Waals surface area (Å²) in [5.74, 6) is 0.247. The van der Waals surface area contributed by atoms with Crippen LogP contribution in [0, 0.1) is 5.82 Å². The van der Waals surface area contributed by atoms with Gasteiger partial charge < -0.3 is 0 Å². The van der Waals surface area contributed by atoms with Gasteiger partial charge >= 0.3 is 0 Å². The summed E-state index contributed by atoms with van der Waals surface area (Å²) >= 11 is 0. The Hall–Kier alpha value is -3.08. The molecule has 0 amide bonds. The van der Waals surface area contributed by atoms with E-state index in [1.165, 1.54) is 18.5 Å². The van der Waals surface area contributed by atoms with Crippen molar-refractivity contribution in [3.63, 3.8) is 0 Å². The highest BCUT2D eigenvalue weighted by molar-refractivity contribution is 5.70. The van der Waals surface area contributed by atoms with Crippen molar-refractivity contribution in [1.29, 1.82) is 0 Å². The molecule has 0 unspecified atom stereocenters. The van der Waals surface area contributed by atoms with Crippen molar-refractivity contribution in [1.82, 2.24) is 19.6 Å². The highest BCUT2D eigenvalue weighted by atomic mass is 19.1. The van der Waals surface area contributed by atoms with Crippen molar-refractivity contribution in [2.24, 2.45) is 0 Å². The van der Waals surface area contributed by atoms with Gasteiger partial charge in [0.2, 0.25) is 0 Å². The molecule has 2 aromatic carbocycles. The number of fused-ring (bicyclic) bond motifs is 1. The van der Waals surface area contributed by atoms with E-state index in [2.05, 4.69) is 15.1 Å². The Kier molecular flexibility index (Phi) is 2.89. The van der Waals surface area contributed by atoms with Gasteiger partial charge in [0, 0.05) is 11.1 Å². The Morgan fingerprint density at radius 1 is 0.864 bits per heavy atom. The molecule has 0 radical (unpaired) electrons. The molecule has 2 heterocycles. The fourth-order valence-corrected chi connectivity index (χ4v) is 2.40. The molecule has 4 rings (SSSR count). The van der Waals surface area contributed by atoms with E-state index in [9.17, 15) is 4.39 Å². The predicted octanol–water partition coefficient (Wildman–Crippen LogP) is 3.60. The Bertz CT molecular complexity index is 930. The van der Waals surface area contributed by atoms with Crippen LogP contribution in [0.15, 0.2) is 67.0 Å². The maximum atomic E-state index is 13.1. The van der Waals surface area contributed by atoms with Gasteiger partial charge in [-0.2, -0.15) is 14.6 Å². The molecule has 5 heteroatoms. The van der Waals surface area contributed by atoms with Crippen LogP contribution in [0.4, 0.5) is 4.39 Å². The van der Waals surface area contributed by atoms with Crippen LogP contribution in [0.25, 0.3) is 28.3 Å². The largest absolute Gasteiger partial charge is 0.253 e. The zero-order valence-electron chi connectivity index (χ0n) is 11.5. The maximum absolute atomic E-state index is 13.1. The molecule has 0 spiro atoms. The minimum atomic E-state index is -0.268. The van der Waals surface area contributed by atoms with Gasteiger partial charge in [-0.05, 0) is 30.3 Å². The van der Waals surface area contributed by atoms with E-state index < -0.39 is 0 Å². The van der Waals surface area contributed by atoms with Crippen LogP contribution in [-0.2, 0) is 0 Å². The summed E-state index contributed by atoms with van der Waals surface area (Å²) in [5, 5.41) is 4.23. The van der Waals surface area contributed by atoms with E-state index in [1.54, 1.807) is 16.6 Å². The molecule has 4 nitrogen and oxygen atoms in total. The first-order valence-electron chi connectivity index (χ1n) is 6.83. The lowest BCUT2D eigenvalue weighted by Gasteiger charge is -2.07. The van der Waals surface area contributed by atoms with Crippen LogP contribution in [0.2, 0.25) is 0 Å². The third-order valence-corrected chi connectivity index (χ3v) is 3.46. The van der Waals surface area contributed by atoms with E-state index in [0.29, 0.717) is 5.78 Å². The number of nitrogens with zero attached hydrogens (tertiary/aromatic N) is 4. The summed E-state index contributed by atoms with van der Waals surface area (Å²) in [6.45, 7) is 0. The van der Waals surface area contributed by atoms with Gasteiger partial charge in [0.05, 0.1) is 11.4 Å². The fourth-order valence-electron chi connectivity index (χ4n) is 2.40. The second-order valence-corrected chi connectivity index (χ2v) is 4.87. The normalized spacial score (nSPS) is 11.0. The summed E-state index contributed by atoms with van der Waals surface area (Å²) in [6.07, 6.45) is 1.48. The number of hydrogen-bond acceptors (Lipinski definition) is 3. The van der Waals surface area contributed by atoms with Crippen LogP contribution in [0.3, 0.4) is 0 Å². The van der Waals surface area contributed by atoms with Gasteiger partial charge in [-0.3, -0.25) is 0 Å². The topological polar surface area (TPSA) is 43.1 Å². The molecule has 0 saturated carbocycles. The summed E-state index contributed by atoms with van der Waals surface area (Å²) < 4.78 is 14.8. The van der Waals surface area contributed by atoms with Gasteiger partial charge in [0.1, 0.15) is 12.1 Å². The maximum Gasteiger partial charge on any atom is 0.253 e. The average Bonchev–Trinajstić information content (AvgIpc) is 3.04. The van der Waals surface area contributed by atoms with Gasteiger partial charge in [-0.1, -0.05) is 30.3 Å². The van der Waals surface area contributed by atoms with E-state index in [-0.39, 0.29) is 5.82 Å². The third-order valence-electron chi connectivity index (χ3n) is 3.46. The van der Waals surface area contributed by atoms with Crippen LogP contribution in [0.1, 0.15) is 0 Å². The monoisotopic (exact) mass is 290 g/mol. The molecule has 0 bridgehead atoms. The van der Waals surface area contributed by atoms with Crippen molar-refractivity contribution in [3.8, 4) is 22.5 Å². The number of hydrogen-bond donors (Lipinski definition) is 0.